The molecule has 0 aromatic carbocycles. The number of aliphatic carboxylic acids is 4. The lowest BCUT2D eigenvalue weighted by Crippen LogP contribution is -2.37. The first-order chi connectivity index (χ1) is 14.3. The molecule has 0 saturated carbocycles. The van der Waals surface area contributed by atoms with Gasteiger partial charge in [0, 0.05) is 25.7 Å². The highest BCUT2D eigenvalue weighted by atomic mass is 16.4. The second-order valence-corrected chi connectivity index (χ2v) is 5.91. The highest BCUT2D eigenvalue weighted by Gasteiger charge is 2.26. The van der Waals surface area contributed by atoms with Gasteiger partial charge in [-0.05, 0) is 12.8 Å². The van der Waals surface area contributed by atoms with Gasteiger partial charge < -0.3 is 40.9 Å². The van der Waals surface area contributed by atoms with Gasteiger partial charge in [-0.3, -0.25) is 19.2 Å². The summed E-state index contributed by atoms with van der Waals surface area (Å²) >= 11 is 0. The molecule has 0 bridgehead atoms. The highest BCUT2D eigenvalue weighted by molar-refractivity contribution is 5.67. The minimum Gasteiger partial charge on any atom is -0.481 e. The first kappa shape index (κ1) is 39.2. The number of aliphatic hydroxyl groups is 4. The van der Waals surface area contributed by atoms with E-state index in [1.54, 1.807) is 13.8 Å². The summed E-state index contributed by atoms with van der Waals surface area (Å²) in [6.45, 7) is 5.26. The molecule has 0 aromatic rings. The van der Waals surface area contributed by atoms with Crippen molar-refractivity contribution >= 4 is 23.9 Å². The van der Waals surface area contributed by atoms with Crippen LogP contribution in [0, 0.1) is 5.41 Å². The lowest BCUT2D eigenvalue weighted by atomic mass is 9.93. The molecule has 0 saturated heterocycles. The molecule has 0 aliphatic heterocycles. The van der Waals surface area contributed by atoms with Gasteiger partial charge in [-0.15, -0.1) is 0 Å². The smallest absolute Gasteiger partial charge is 0.303 e. The number of carboxylic acids is 4. The van der Waals surface area contributed by atoms with Crippen LogP contribution in [0.4, 0.5) is 0 Å². The monoisotopic (exact) mass is 460 g/mol. The van der Waals surface area contributed by atoms with Crippen LogP contribution in [0.15, 0.2) is 0 Å². The summed E-state index contributed by atoms with van der Waals surface area (Å²) in [6.07, 6.45) is 2.49. The molecule has 0 amide bonds. The minimum atomic E-state index is -1.11. The summed E-state index contributed by atoms with van der Waals surface area (Å²) in [5.41, 5.74) is -1.11. The van der Waals surface area contributed by atoms with Crippen molar-refractivity contribution in [3.05, 3.63) is 0 Å². The molecule has 12 nitrogen and oxygen atoms in total. The molecule has 0 fully saturated rings. The molecule has 0 radical (unpaired) electrons. The van der Waals surface area contributed by atoms with Gasteiger partial charge in [0.25, 0.3) is 0 Å². The fraction of sp³-hybridized carbons (Fsp3) is 0.789. The van der Waals surface area contributed by atoms with Gasteiger partial charge in [-0.1, -0.05) is 27.7 Å². The van der Waals surface area contributed by atoms with Crippen LogP contribution in [0.5, 0.6) is 0 Å². The molecule has 31 heavy (non-hydrogen) atoms. The van der Waals surface area contributed by atoms with Crippen LogP contribution in [0.2, 0.25) is 0 Å². The maximum Gasteiger partial charge on any atom is 0.303 e. The van der Waals surface area contributed by atoms with E-state index < -0.39 is 55.7 Å². The summed E-state index contributed by atoms with van der Waals surface area (Å²) in [5.74, 6) is -2.91. The number of carbonyl (C=O) groups is 4. The van der Waals surface area contributed by atoms with Crippen LogP contribution in [0.3, 0.4) is 0 Å². The molecule has 0 atom stereocenters. The van der Waals surface area contributed by atoms with Crippen molar-refractivity contribution in [1.82, 2.24) is 0 Å². The Bertz CT molecular complexity index is 386. The molecule has 0 spiro atoms. The van der Waals surface area contributed by atoms with Crippen LogP contribution in [0.25, 0.3) is 0 Å². The van der Waals surface area contributed by atoms with Gasteiger partial charge in [-0.2, -0.15) is 0 Å². The summed E-state index contributed by atoms with van der Waals surface area (Å²) in [7, 11) is 0. The lowest BCUT2D eigenvalue weighted by molar-refractivity contribution is -0.138. The Kier molecular flexibility index (Phi) is 37.9. The van der Waals surface area contributed by atoms with E-state index in [9.17, 15) is 19.2 Å². The van der Waals surface area contributed by atoms with E-state index in [2.05, 4.69) is 0 Å². The van der Waals surface area contributed by atoms with E-state index in [4.69, 9.17) is 40.9 Å². The van der Waals surface area contributed by atoms with Crippen molar-refractivity contribution in [3.8, 4) is 0 Å². The van der Waals surface area contributed by atoms with E-state index in [0.29, 0.717) is 12.8 Å². The number of hydrogen-bond acceptors (Lipinski definition) is 8. The standard InChI is InChI=1S/C5H12O4.2C4H8O2.2C3H6O2/c6-1-5(2-7,3-8)4-9;2*1-2-3-4(5)6;2*1-2-3(4)5/h6-9H,1-4H2;2*2-3H2,1H3,(H,5,6);2*2H2,1H3,(H,4,5). The Labute approximate surface area is 182 Å². The maximum absolute atomic E-state index is 9.60. The molecule has 0 aliphatic rings. The minimum absolute atomic E-state index is 0.222. The van der Waals surface area contributed by atoms with Crippen LogP contribution in [0.1, 0.15) is 66.2 Å². The first-order valence-electron chi connectivity index (χ1n) is 9.63. The molecule has 12 heteroatoms. The fourth-order valence-electron chi connectivity index (χ4n) is 0.728. The molecule has 0 unspecified atom stereocenters. The third-order valence-corrected chi connectivity index (χ3v) is 2.87. The van der Waals surface area contributed by atoms with Crippen molar-refractivity contribution in [2.24, 2.45) is 5.41 Å². The summed E-state index contributed by atoms with van der Waals surface area (Å²) in [4.78, 5) is 37.9. The fourth-order valence-corrected chi connectivity index (χ4v) is 0.728. The number of aliphatic hydroxyl groups excluding tert-OH is 4. The third-order valence-electron chi connectivity index (χ3n) is 2.87. The normalized spacial score (nSPS) is 9.03. The lowest BCUT2D eigenvalue weighted by Gasteiger charge is -2.23. The van der Waals surface area contributed by atoms with Gasteiger partial charge in [-0.25, -0.2) is 0 Å². The summed E-state index contributed by atoms with van der Waals surface area (Å²) in [5, 5.41) is 65.3. The largest absolute Gasteiger partial charge is 0.481 e. The van der Waals surface area contributed by atoms with E-state index >= 15 is 0 Å². The second kappa shape index (κ2) is 29.9. The van der Waals surface area contributed by atoms with E-state index in [1.807, 2.05) is 13.8 Å². The summed E-state index contributed by atoms with van der Waals surface area (Å²) in [6, 6.07) is 0. The van der Waals surface area contributed by atoms with Gasteiger partial charge in [0.05, 0.1) is 31.8 Å². The molecular weight excluding hydrogens is 420 g/mol. The molecule has 0 heterocycles. The number of carboxylic acid groups (broad SMARTS) is 4. The predicted molar refractivity (Wildman–Crippen MR) is 112 cm³/mol. The molecule has 188 valence electrons. The molecule has 0 rings (SSSR count). The third kappa shape index (κ3) is 47.2. The number of rotatable bonds is 10. The van der Waals surface area contributed by atoms with Crippen molar-refractivity contribution in [3.63, 3.8) is 0 Å². The Morgan fingerprint density at radius 3 is 0.710 bits per heavy atom. The average molecular weight is 461 g/mol. The Hall–Kier alpha value is -2.28. The van der Waals surface area contributed by atoms with Crippen molar-refractivity contribution in [2.45, 2.75) is 66.2 Å². The molecule has 0 aromatic heterocycles. The van der Waals surface area contributed by atoms with E-state index in [1.165, 1.54) is 0 Å². The molecular formula is C19H40O12. The zero-order valence-electron chi connectivity index (χ0n) is 18.8. The number of hydrogen-bond donors (Lipinski definition) is 8. The van der Waals surface area contributed by atoms with Crippen LogP contribution < -0.4 is 0 Å². The Morgan fingerprint density at radius 2 is 0.710 bits per heavy atom. The average Bonchev–Trinajstić information content (AvgIpc) is 2.71. The van der Waals surface area contributed by atoms with Crippen LogP contribution in [-0.4, -0.2) is 91.2 Å². The predicted octanol–water partition coefficient (Wildman–Crippen LogP) is 0.646. The second-order valence-electron chi connectivity index (χ2n) is 5.91. The van der Waals surface area contributed by atoms with Gasteiger partial charge >= 0.3 is 23.9 Å². The van der Waals surface area contributed by atoms with Crippen molar-refractivity contribution in [1.29, 1.82) is 0 Å². The van der Waals surface area contributed by atoms with E-state index in [-0.39, 0.29) is 12.8 Å². The van der Waals surface area contributed by atoms with Gasteiger partial charge in [0.1, 0.15) is 0 Å². The highest BCUT2D eigenvalue weighted by Crippen LogP contribution is 2.11. The zero-order chi connectivity index (χ0) is 25.9. The van der Waals surface area contributed by atoms with Gasteiger partial charge in [0.15, 0.2) is 0 Å². The molecule has 0 aliphatic carbocycles. The van der Waals surface area contributed by atoms with Gasteiger partial charge in [0.2, 0.25) is 0 Å². The first-order valence-corrected chi connectivity index (χ1v) is 9.63. The zero-order valence-corrected chi connectivity index (χ0v) is 18.8. The quantitative estimate of drug-likeness (QED) is 0.224. The maximum atomic E-state index is 9.60. The SMILES string of the molecule is CCC(=O)O.CCC(=O)O.CCCC(=O)O.CCCC(=O)O.OCC(CO)(CO)CO. The van der Waals surface area contributed by atoms with Crippen molar-refractivity contribution < 1.29 is 60.0 Å². The van der Waals surface area contributed by atoms with E-state index in [0.717, 1.165) is 12.8 Å². The summed E-state index contributed by atoms with van der Waals surface area (Å²) < 4.78 is 0. The molecule has 8 N–H and O–H groups in total. The van der Waals surface area contributed by atoms with Crippen LogP contribution >= 0.6 is 0 Å². The Morgan fingerprint density at radius 1 is 0.516 bits per heavy atom. The van der Waals surface area contributed by atoms with Crippen molar-refractivity contribution in [2.75, 3.05) is 26.4 Å². The topological polar surface area (TPSA) is 230 Å². The van der Waals surface area contributed by atoms with Crippen LogP contribution in [-0.2, 0) is 19.2 Å². The Balaban J connectivity index is -0.0000000928.